The number of sulfonamides is 1. The van der Waals surface area contributed by atoms with Gasteiger partial charge in [0.2, 0.25) is 21.3 Å². The second-order valence-electron chi connectivity index (χ2n) is 11.9. The fourth-order valence-electron chi connectivity index (χ4n) is 5.53. The number of aromatic amines is 1. The second-order valence-corrected chi connectivity index (χ2v) is 14.6. The molecule has 51 heavy (non-hydrogen) atoms. The van der Waals surface area contributed by atoms with Crippen LogP contribution in [0.5, 0.6) is 0 Å². The van der Waals surface area contributed by atoms with Gasteiger partial charge in [0.25, 0.3) is 10.0 Å². The summed E-state index contributed by atoms with van der Waals surface area (Å²) in [6.07, 6.45) is 1.75. The van der Waals surface area contributed by atoms with Gasteiger partial charge in [0, 0.05) is 75.9 Å². The van der Waals surface area contributed by atoms with Crippen molar-refractivity contribution < 1.29 is 47.7 Å². The van der Waals surface area contributed by atoms with Gasteiger partial charge in [-0.25, -0.2) is 13.6 Å². The number of benzene rings is 1. The molecule has 1 atom stereocenters. The number of anilines is 1. The van der Waals surface area contributed by atoms with E-state index in [-0.39, 0.29) is 90.1 Å². The number of para-hydroxylation sites is 1. The summed E-state index contributed by atoms with van der Waals surface area (Å²) < 4.78 is 22.8. The van der Waals surface area contributed by atoms with Crippen LogP contribution in [0.1, 0.15) is 5.56 Å². The molecule has 3 aromatic rings. The van der Waals surface area contributed by atoms with E-state index in [4.69, 9.17) is 5.14 Å². The van der Waals surface area contributed by atoms with E-state index in [0.29, 0.717) is 16.9 Å². The first-order valence-corrected chi connectivity index (χ1v) is 18.1. The van der Waals surface area contributed by atoms with E-state index in [9.17, 15) is 47.7 Å². The summed E-state index contributed by atoms with van der Waals surface area (Å²) in [5.74, 6) is -4.50. The van der Waals surface area contributed by atoms with E-state index in [2.05, 4.69) is 25.8 Å². The number of rotatable bonds is 14. The number of carboxylic acid groups (broad SMARTS) is 3. The number of carbonyl (C=O) groups is 5. The number of H-pyrrole nitrogens is 1. The third-order valence-electron chi connectivity index (χ3n) is 8.00. The molecule has 20 nitrogen and oxygen atoms in total. The SMILES string of the molecule is NS(=O)(=O)c1nnc(NC(=O)[C@H](Cc2c[nH]c3ccccc23)NC(=O)CN2CCN(CC(=O)O)CCN(CC(=O)O)CCN(CC(=O)O)CC2)s1. The third kappa shape index (κ3) is 12.6. The normalized spacial score (nSPS) is 16.9. The molecule has 0 spiro atoms. The van der Waals surface area contributed by atoms with Gasteiger partial charge in [0.1, 0.15) is 6.04 Å². The Morgan fingerprint density at radius 1 is 0.804 bits per heavy atom. The summed E-state index contributed by atoms with van der Waals surface area (Å²) in [4.78, 5) is 71.5. The molecule has 278 valence electrons. The van der Waals surface area contributed by atoms with Crippen LogP contribution in [0.4, 0.5) is 5.13 Å². The third-order valence-corrected chi connectivity index (χ3v) is 10.2. The summed E-state index contributed by atoms with van der Waals surface area (Å²) in [5, 5.41) is 46.5. The van der Waals surface area contributed by atoms with Crippen molar-refractivity contribution in [2.75, 3.05) is 83.9 Å². The lowest BCUT2D eigenvalue weighted by Gasteiger charge is -2.33. The van der Waals surface area contributed by atoms with Gasteiger partial charge in [-0.05, 0) is 11.6 Å². The van der Waals surface area contributed by atoms with E-state index >= 15 is 0 Å². The number of carboxylic acids is 3. The molecular weight excluding hydrogens is 713 g/mol. The standard InChI is InChI=1S/C29H40N10O10S2/c30-51(48,49)29-35-34-28(50-29)33-27(47)22(13-19-14-31-21-4-2-1-3-20(19)21)32-23(40)15-36-5-7-37(16-24(41)42)9-11-39(18-26(45)46)12-10-38(8-6-36)17-25(43)44/h1-4,14,22,31H,5-13,15-18H2,(H,32,40)(H,41,42)(H,43,44)(H,45,46)(H2,30,48,49)(H,33,34,47)/t22-/m0/s1. The second kappa shape index (κ2) is 18.1. The number of hydrogen-bond acceptors (Lipinski definition) is 14. The maximum atomic E-state index is 13.6. The number of fused-ring (bicyclic) bond motifs is 1. The molecule has 0 aliphatic carbocycles. The largest absolute Gasteiger partial charge is 0.480 e. The number of amides is 2. The summed E-state index contributed by atoms with van der Waals surface area (Å²) >= 11 is 0.547. The Kier molecular flexibility index (Phi) is 13.9. The number of primary sulfonamides is 1. The summed E-state index contributed by atoms with van der Waals surface area (Å²) in [6, 6.07) is 6.20. The molecule has 0 unspecified atom stereocenters. The van der Waals surface area contributed by atoms with Gasteiger partial charge in [0.15, 0.2) is 0 Å². The zero-order valence-corrected chi connectivity index (χ0v) is 29.1. The van der Waals surface area contributed by atoms with Gasteiger partial charge in [-0.2, -0.15) is 0 Å². The Bertz CT molecular complexity index is 1790. The van der Waals surface area contributed by atoms with Crippen LogP contribution in [-0.2, 0) is 40.4 Å². The van der Waals surface area contributed by atoms with E-state index in [1.54, 1.807) is 25.8 Å². The van der Waals surface area contributed by atoms with Crippen LogP contribution in [0.15, 0.2) is 34.8 Å². The Morgan fingerprint density at radius 3 is 1.76 bits per heavy atom. The maximum absolute atomic E-state index is 13.6. The molecule has 0 radical (unpaired) electrons. The summed E-state index contributed by atoms with van der Waals surface area (Å²) in [7, 11) is -4.17. The lowest BCUT2D eigenvalue weighted by molar-refractivity contribution is -0.140. The van der Waals surface area contributed by atoms with Crippen LogP contribution in [0.2, 0.25) is 0 Å². The van der Waals surface area contributed by atoms with Crippen molar-refractivity contribution in [2.24, 2.45) is 5.14 Å². The predicted octanol–water partition coefficient (Wildman–Crippen LogP) is -2.19. The number of nitrogens with two attached hydrogens (primary N) is 1. The Balaban J connectivity index is 1.53. The molecule has 22 heteroatoms. The van der Waals surface area contributed by atoms with E-state index < -0.39 is 50.1 Å². The van der Waals surface area contributed by atoms with Gasteiger partial charge in [0.05, 0.1) is 26.2 Å². The first-order valence-electron chi connectivity index (χ1n) is 15.7. The highest BCUT2D eigenvalue weighted by Crippen LogP contribution is 2.21. The van der Waals surface area contributed by atoms with Gasteiger partial charge in [-0.15, -0.1) is 10.2 Å². The molecule has 3 heterocycles. The molecule has 2 amide bonds. The van der Waals surface area contributed by atoms with E-state index in [1.807, 2.05) is 24.3 Å². The highest BCUT2D eigenvalue weighted by Gasteiger charge is 2.27. The molecule has 0 bridgehead atoms. The molecule has 8 N–H and O–H groups in total. The molecule has 1 fully saturated rings. The predicted molar refractivity (Wildman–Crippen MR) is 183 cm³/mol. The zero-order chi connectivity index (χ0) is 37.1. The smallest absolute Gasteiger partial charge is 0.317 e. The van der Waals surface area contributed by atoms with Gasteiger partial charge >= 0.3 is 17.9 Å². The minimum atomic E-state index is -4.17. The van der Waals surface area contributed by atoms with Crippen LogP contribution in [-0.4, -0.2) is 173 Å². The van der Waals surface area contributed by atoms with Crippen molar-refractivity contribution in [3.63, 3.8) is 0 Å². The zero-order valence-electron chi connectivity index (χ0n) is 27.4. The van der Waals surface area contributed by atoms with Crippen LogP contribution in [0, 0.1) is 0 Å². The Labute approximate surface area is 296 Å². The van der Waals surface area contributed by atoms with Gasteiger partial charge < -0.3 is 25.6 Å². The average molecular weight is 753 g/mol. The number of carbonyl (C=O) groups excluding carboxylic acids is 2. The van der Waals surface area contributed by atoms with E-state index in [1.165, 1.54) is 0 Å². The molecule has 4 rings (SSSR count). The molecular formula is C29H40N10O10S2. The number of nitrogens with one attached hydrogen (secondary N) is 3. The number of aliphatic carboxylic acids is 3. The lowest BCUT2D eigenvalue weighted by atomic mass is 10.0. The Morgan fingerprint density at radius 2 is 1.29 bits per heavy atom. The highest BCUT2D eigenvalue weighted by molar-refractivity contribution is 7.91. The van der Waals surface area contributed by atoms with E-state index in [0.717, 1.165) is 10.9 Å². The lowest BCUT2D eigenvalue weighted by Crippen LogP contribution is -2.52. The van der Waals surface area contributed by atoms with Crippen molar-refractivity contribution >= 4 is 67.1 Å². The minimum absolute atomic E-state index is 0.0358. The maximum Gasteiger partial charge on any atom is 0.317 e. The quantitative estimate of drug-likeness (QED) is 0.0861. The van der Waals surface area contributed by atoms with Crippen LogP contribution >= 0.6 is 11.3 Å². The van der Waals surface area contributed by atoms with Crippen molar-refractivity contribution in [3.05, 3.63) is 36.0 Å². The summed E-state index contributed by atoms with van der Waals surface area (Å²) in [6.45, 7) is 0.473. The highest BCUT2D eigenvalue weighted by atomic mass is 32.2. The van der Waals surface area contributed by atoms with Crippen molar-refractivity contribution in [1.29, 1.82) is 0 Å². The van der Waals surface area contributed by atoms with Gasteiger partial charge in [-0.1, -0.05) is 29.5 Å². The number of hydrogen-bond donors (Lipinski definition) is 7. The summed E-state index contributed by atoms with van der Waals surface area (Å²) in [5.41, 5.74) is 1.52. The monoisotopic (exact) mass is 752 g/mol. The van der Waals surface area contributed by atoms with Crippen molar-refractivity contribution in [2.45, 2.75) is 16.8 Å². The molecule has 1 aliphatic rings. The number of aromatic nitrogens is 3. The fourth-order valence-corrected chi connectivity index (χ4v) is 6.86. The first-order chi connectivity index (χ1) is 24.2. The molecule has 0 saturated carbocycles. The Hall–Kier alpha value is -4.58. The van der Waals surface area contributed by atoms with Crippen LogP contribution in [0.25, 0.3) is 10.9 Å². The molecule has 1 aromatic carbocycles. The van der Waals surface area contributed by atoms with Crippen molar-refractivity contribution in [3.8, 4) is 0 Å². The van der Waals surface area contributed by atoms with Crippen LogP contribution < -0.4 is 15.8 Å². The average Bonchev–Trinajstić information content (AvgIpc) is 3.69. The first kappa shape index (κ1) is 39.2. The molecule has 1 aliphatic heterocycles. The minimum Gasteiger partial charge on any atom is -0.480 e. The van der Waals surface area contributed by atoms with Crippen molar-refractivity contribution in [1.82, 2.24) is 40.1 Å². The number of nitrogens with zero attached hydrogens (tertiary/aromatic N) is 6. The topological polar surface area (TPSA) is 285 Å². The van der Waals surface area contributed by atoms with Crippen LogP contribution in [0.3, 0.4) is 0 Å². The molecule has 2 aromatic heterocycles. The fraction of sp³-hybridized carbons (Fsp3) is 0.483. The molecule has 1 saturated heterocycles. The van der Waals surface area contributed by atoms with Gasteiger partial charge in [-0.3, -0.25) is 48.9 Å².